The Morgan fingerprint density at radius 3 is 1.45 bits per heavy atom. The van der Waals surface area contributed by atoms with Crippen LogP contribution in [0.2, 0.25) is 0 Å². The molecule has 0 aromatic carbocycles. The average molecular weight is 316 g/mol. The van der Waals surface area contributed by atoms with Gasteiger partial charge in [-0.25, -0.2) is 0 Å². The lowest BCUT2D eigenvalue weighted by Crippen LogP contribution is -2.23. The summed E-state index contributed by atoms with van der Waals surface area (Å²) in [4.78, 5) is 11.5. The number of rotatable bonds is 13. The third-order valence-electron chi connectivity index (χ3n) is 3.84. The molecule has 0 saturated heterocycles. The van der Waals surface area contributed by atoms with Crippen LogP contribution in [0.3, 0.4) is 0 Å². The maximum atomic E-state index is 11.5. The van der Waals surface area contributed by atoms with E-state index in [4.69, 9.17) is 4.74 Å². The van der Waals surface area contributed by atoms with Gasteiger partial charge in [-0.3, -0.25) is 4.79 Å². The van der Waals surface area contributed by atoms with Crippen molar-refractivity contribution in [3.05, 3.63) is 0 Å². The lowest BCUT2D eigenvalue weighted by Gasteiger charge is -2.16. The smallest absolute Gasteiger partial charge is 0.311 e. The van der Waals surface area contributed by atoms with Gasteiger partial charge in [0.15, 0.2) is 0 Å². The molecule has 0 amide bonds. The number of ether oxygens (including phenoxy) is 1. The molecule has 0 unspecified atom stereocenters. The maximum Gasteiger partial charge on any atom is 0.311 e. The van der Waals surface area contributed by atoms with Crippen LogP contribution < -0.4 is 6.15 Å². The van der Waals surface area contributed by atoms with Gasteiger partial charge < -0.3 is 10.9 Å². The zero-order valence-electron chi connectivity index (χ0n) is 15.7. The van der Waals surface area contributed by atoms with Crippen LogP contribution >= 0.6 is 0 Å². The lowest BCUT2D eigenvalue weighted by molar-refractivity contribution is -0.153. The third kappa shape index (κ3) is 15.8. The molecular weight excluding hydrogens is 274 g/mol. The third-order valence-corrected chi connectivity index (χ3v) is 3.84. The normalized spacial score (nSPS) is 11.1. The van der Waals surface area contributed by atoms with Crippen molar-refractivity contribution >= 4 is 5.97 Å². The van der Waals surface area contributed by atoms with Crippen LogP contribution in [0.25, 0.3) is 0 Å². The largest absolute Gasteiger partial charge is 0.465 e. The number of hydrogen-bond acceptors (Lipinski definition) is 3. The van der Waals surface area contributed by atoms with Gasteiger partial charge in [0.2, 0.25) is 0 Å². The zero-order valence-corrected chi connectivity index (χ0v) is 15.7. The number of hydrogen-bond donors (Lipinski definition) is 1. The molecule has 0 saturated carbocycles. The van der Waals surface area contributed by atoms with E-state index in [-0.39, 0.29) is 17.5 Å². The van der Waals surface area contributed by atoms with E-state index in [9.17, 15) is 4.79 Å². The summed E-state index contributed by atoms with van der Waals surface area (Å²) in [5, 5.41) is 0. The van der Waals surface area contributed by atoms with E-state index in [2.05, 4.69) is 6.92 Å². The summed E-state index contributed by atoms with van der Waals surface area (Å²) >= 11 is 0. The fourth-order valence-electron chi connectivity index (χ4n) is 2.32. The van der Waals surface area contributed by atoms with Crippen molar-refractivity contribution in [2.75, 3.05) is 6.61 Å². The fraction of sp³-hybridized carbons (Fsp3) is 0.947. The highest BCUT2D eigenvalue weighted by molar-refractivity contribution is 5.75. The Morgan fingerprint density at radius 1 is 0.727 bits per heavy atom. The van der Waals surface area contributed by atoms with E-state index < -0.39 is 0 Å². The van der Waals surface area contributed by atoms with Gasteiger partial charge >= 0.3 is 5.97 Å². The second kappa shape index (κ2) is 15.3. The predicted molar refractivity (Wildman–Crippen MR) is 96.5 cm³/mol. The second-order valence-electron chi connectivity index (χ2n) is 7.28. The van der Waals surface area contributed by atoms with Gasteiger partial charge in [0.05, 0.1) is 12.0 Å². The summed E-state index contributed by atoms with van der Waals surface area (Å²) in [6, 6.07) is 0. The first kappa shape index (κ1) is 23.7. The van der Waals surface area contributed by atoms with Crippen LogP contribution in [0.1, 0.15) is 105 Å². The van der Waals surface area contributed by atoms with Gasteiger partial charge in [-0.1, -0.05) is 77.6 Å². The van der Waals surface area contributed by atoms with Crippen molar-refractivity contribution in [3.8, 4) is 0 Å². The van der Waals surface area contributed by atoms with Crippen LogP contribution in [0.5, 0.6) is 0 Å². The first-order valence-corrected chi connectivity index (χ1v) is 9.15. The molecule has 22 heavy (non-hydrogen) atoms. The molecule has 3 N–H and O–H groups in total. The second-order valence-corrected chi connectivity index (χ2v) is 7.28. The Labute approximate surface area is 139 Å². The number of carbonyl (C=O) groups is 1. The highest BCUT2D eigenvalue weighted by atomic mass is 16.5. The van der Waals surface area contributed by atoms with Crippen molar-refractivity contribution in [3.63, 3.8) is 0 Å². The SMILES string of the molecule is CCCCCCCCCCCCCCOC(=O)C(C)(C)C.N. The summed E-state index contributed by atoms with van der Waals surface area (Å²) in [5.74, 6) is -0.0782. The molecule has 0 heterocycles. The van der Waals surface area contributed by atoms with E-state index in [1.165, 1.54) is 70.6 Å². The van der Waals surface area contributed by atoms with Crippen molar-refractivity contribution in [2.24, 2.45) is 5.41 Å². The van der Waals surface area contributed by atoms with Gasteiger partial charge in [-0.2, -0.15) is 0 Å². The van der Waals surface area contributed by atoms with Gasteiger partial charge in [-0.15, -0.1) is 0 Å². The molecule has 0 aromatic rings. The summed E-state index contributed by atoms with van der Waals surface area (Å²) < 4.78 is 5.26. The molecule has 0 radical (unpaired) electrons. The summed E-state index contributed by atoms with van der Waals surface area (Å²) in [7, 11) is 0. The Hall–Kier alpha value is -0.570. The van der Waals surface area contributed by atoms with E-state index in [1.54, 1.807) is 0 Å². The van der Waals surface area contributed by atoms with Crippen LogP contribution in [-0.2, 0) is 9.53 Å². The molecule has 0 aliphatic carbocycles. The Bertz CT molecular complexity index is 246. The summed E-state index contributed by atoms with van der Waals surface area (Å²) in [5.41, 5.74) is -0.364. The first-order chi connectivity index (χ1) is 9.98. The van der Waals surface area contributed by atoms with Gasteiger partial charge in [0, 0.05) is 0 Å². The quantitative estimate of drug-likeness (QED) is 0.314. The Kier molecular flexibility index (Phi) is 16.5. The molecule has 0 bridgehead atoms. The van der Waals surface area contributed by atoms with Crippen LogP contribution in [0.4, 0.5) is 0 Å². The molecule has 0 fully saturated rings. The molecule has 0 atom stereocenters. The number of carbonyl (C=O) groups excluding carboxylic acids is 1. The van der Waals surface area contributed by atoms with Crippen LogP contribution in [-0.4, -0.2) is 12.6 Å². The standard InChI is InChI=1S/C19H38O2.H3N/c1-5-6-7-8-9-10-11-12-13-14-15-16-17-21-18(20)19(2,3)4;/h5-17H2,1-4H3;1H3. The summed E-state index contributed by atoms with van der Waals surface area (Å²) in [6.45, 7) is 8.56. The van der Waals surface area contributed by atoms with E-state index in [1.807, 2.05) is 20.8 Å². The molecule has 0 aromatic heterocycles. The topological polar surface area (TPSA) is 61.3 Å². The molecule has 0 aliphatic rings. The van der Waals surface area contributed by atoms with Crippen molar-refractivity contribution in [2.45, 2.75) is 105 Å². The van der Waals surface area contributed by atoms with Crippen LogP contribution in [0, 0.1) is 5.41 Å². The zero-order chi connectivity index (χ0) is 16.0. The van der Waals surface area contributed by atoms with E-state index in [0.717, 1.165) is 6.42 Å². The van der Waals surface area contributed by atoms with Gasteiger partial charge in [-0.05, 0) is 27.2 Å². The molecule has 134 valence electrons. The Balaban J connectivity index is 0. The highest BCUT2D eigenvalue weighted by Crippen LogP contribution is 2.16. The van der Waals surface area contributed by atoms with Crippen molar-refractivity contribution < 1.29 is 9.53 Å². The molecule has 3 heteroatoms. The number of esters is 1. The van der Waals surface area contributed by atoms with Crippen LogP contribution in [0.15, 0.2) is 0 Å². The number of unbranched alkanes of at least 4 members (excludes halogenated alkanes) is 11. The van der Waals surface area contributed by atoms with Crippen molar-refractivity contribution in [1.82, 2.24) is 6.15 Å². The predicted octanol–water partition coefficient (Wildman–Crippen LogP) is 6.44. The molecule has 3 nitrogen and oxygen atoms in total. The molecular formula is C19H41NO2. The molecule has 0 spiro atoms. The molecule has 0 aliphatic heterocycles. The minimum atomic E-state index is -0.364. The van der Waals surface area contributed by atoms with Crippen molar-refractivity contribution in [1.29, 1.82) is 0 Å². The molecule has 0 rings (SSSR count). The highest BCUT2D eigenvalue weighted by Gasteiger charge is 2.22. The minimum absolute atomic E-state index is 0. The Morgan fingerprint density at radius 2 is 1.09 bits per heavy atom. The minimum Gasteiger partial charge on any atom is -0.465 e. The monoisotopic (exact) mass is 315 g/mol. The fourth-order valence-corrected chi connectivity index (χ4v) is 2.32. The van der Waals surface area contributed by atoms with E-state index >= 15 is 0 Å². The first-order valence-electron chi connectivity index (χ1n) is 9.15. The lowest BCUT2D eigenvalue weighted by atomic mass is 9.97. The summed E-state index contributed by atoms with van der Waals surface area (Å²) in [6.07, 6.45) is 16.0. The van der Waals surface area contributed by atoms with Gasteiger partial charge in [0.1, 0.15) is 0 Å². The maximum absolute atomic E-state index is 11.5. The average Bonchev–Trinajstić information content (AvgIpc) is 2.42. The van der Waals surface area contributed by atoms with Gasteiger partial charge in [0.25, 0.3) is 0 Å². The van der Waals surface area contributed by atoms with E-state index in [0.29, 0.717) is 6.61 Å².